The van der Waals surface area contributed by atoms with Gasteiger partial charge in [-0.25, -0.2) is 9.07 Å². The van der Waals surface area contributed by atoms with E-state index in [-0.39, 0.29) is 23.7 Å². The van der Waals surface area contributed by atoms with Crippen LogP contribution in [-0.2, 0) is 11.3 Å². The van der Waals surface area contributed by atoms with E-state index in [1.54, 1.807) is 6.07 Å². The van der Waals surface area contributed by atoms with Gasteiger partial charge in [-0.05, 0) is 45.0 Å². The van der Waals surface area contributed by atoms with Crippen LogP contribution in [0, 0.1) is 18.7 Å². The first-order valence-electron chi connectivity index (χ1n) is 11.9. The van der Waals surface area contributed by atoms with E-state index in [1.165, 1.54) is 12.1 Å². The molecule has 0 bridgehead atoms. The molecule has 0 aliphatic carbocycles. The molecule has 6 nitrogen and oxygen atoms in total. The fraction of sp³-hybridized carbons (Fsp3) is 0.600. The van der Waals surface area contributed by atoms with E-state index >= 15 is 0 Å². The van der Waals surface area contributed by atoms with E-state index in [1.807, 2.05) is 36.4 Å². The number of benzene rings is 1. The van der Waals surface area contributed by atoms with Crippen molar-refractivity contribution in [2.75, 3.05) is 37.6 Å². The van der Waals surface area contributed by atoms with Crippen molar-refractivity contribution in [3.05, 3.63) is 41.3 Å². The average Bonchev–Trinajstić information content (AvgIpc) is 3.12. The van der Waals surface area contributed by atoms with Gasteiger partial charge in [-0.1, -0.05) is 33.8 Å². The van der Waals surface area contributed by atoms with Crippen molar-refractivity contribution in [2.45, 2.75) is 60.5 Å². The summed E-state index contributed by atoms with van der Waals surface area (Å²) in [5.74, 6) is 0.780. The Labute approximate surface area is 192 Å². The molecule has 0 radical (unpaired) electrons. The van der Waals surface area contributed by atoms with Gasteiger partial charge in [-0.3, -0.25) is 4.79 Å². The Bertz CT molecular complexity index is 917. The maximum absolute atomic E-state index is 14.1. The fourth-order valence-electron chi connectivity index (χ4n) is 4.29. The van der Waals surface area contributed by atoms with Crippen LogP contribution in [0.15, 0.2) is 24.3 Å². The molecule has 1 aromatic carbocycles. The Kier molecular flexibility index (Phi) is 7.93. The van der Waals surface area contributed by atoms with Crippen LogP contribution in [0.25, 0.3) is 5.69 Å². The first kappa shape index (κ1) is 24.2. The number of aromatic nitrogens is 2. The molecule has 0 N–H and O–H groups in total. The summed E-state index contributed by atoms with van der Waals surface area (Å²) in [6.07, 6.45) is 0.889. The topological polar surface area (TPSA) is 44.6 Å². The standard InChI is InChI=1S/C25H38FN5O/c1-7-19(5)30(25(32)18(3)4)17-23-20(6)27-31(22-11-9-10-21(26)16-22)24(23)29-14-12-28(8-2)13-15-29/h9-11,16,18-19H,7-8,12-15,17H2,1-6H3. The lowest BCUT2D eigenvalue weighted by molar-refractivity contribution is -0.137. The second-order valence-corrected chi connectivity index (χ2v) is 9.08. The summed E-state index contributed by atoms with van der Waals surface area (Å²) in [7, 11) is 0. The van der Waals surface area contributed by atoms with Crippen molar-refractivity contribution in [3.8, 4) is 5.69 Å². The first-order chi connectivity index (χ1) is 15.3. The Hall–Kier alpha value is -2.41. The summed E-state index contributed by atoms with van der Waals surface area (Å²) in [5.41, 5.74) is 2.64. The Morgan fingerprint density at radius 2 is 1.84 bits per heavy atom. The van der Waals surface area contributed by atoms with Crippen molar-refractivity contribution in [1.82, 2.24) is 19.6 Å². The first-order valence-corrected chi connectivity index (χ1v) is 11.9. The highest BCUT2D eigenvalue weighted by Gasteiger charge is 2.29. The molecule has 1 unspecified atom stereocenters. The predicted molar refractivity (Wildman–Crippen MR) is 128 cm³/mol. The number of carbonyl (C=O) groups excluding carboxylic acids is 1. The van der Waals surface area contributed by atoms with E-state index in [0.717, 1.165) is 56.2 Å². The second kappa shape index (κ2) is 10.5. The summed E-state index contributed by atoms with van der Waals surface area (Å²) in [4.78, 5) is 19.8. The lowest BCUT2D eigenvalue weighted by atomic mass is 10.1. The zero-order valence-corrected chi connectivity index (χ0v) is 20.4. The summed E-state index contributed by atoms with van der Waals surface area (Å²) >= 11 is 0. The minimum Gasteiger partial charge on any atom is -0.354 e. The smallest absolute Gasteiger partial charge is 0.225 e. The molecule has 3 rings (SSSR count). The van der Waals surface area contributed by atoms with Gasteiger partial charge < -0.3 is 14.7 Å². The lowest BCUT2D eigenvalue weighted by Gasteiger charge is -2.37. The quantitative estimate of drug-likeness (QED) is 0.612. The van der Waals surface area contributed by atoms with Gasteiger partial charge in [0, 0.05) is 43.7 Å². The van der Waals surface area contributed by atoms with Gasteiger partial charge in [-0.15, -0.1) is 0 Å². The van der Waals surface area contributed by atoms with Crippen molar-refractivity contribution in [3.63, 3.8) is 0 Å². The molecular formula is C25H38FN5O. The number of hydrogen-bond donors (Lipinski definition) is 0. The van der Waals surface area contributed by atoms with Crippen molar-refractivity contribution in [2.24, 2.45) is 5.92 Å². The molecule has 1 atom stereocenters. The van der Waals surface area contributed by atoms with Gasteiger partial charge in [0.2, 0.25) is 5.91 Å². The fourth-order valence-corrected chi connectivity index (χ4v) is 4.29. The Morgan fingerprint density at radius 3 is 2.41 bits per heavy atom. The molecule has 1 amide bonds. The minimum absolute atomic E-state index is 0.0703. The lowest BCUT2D eigenvalue weighted by Crippen LogP contribution is -2.47. The summed E-state index contributed by atoms with van der Waals surface area (Å²) in [6, 6.07) is 6.71. The third-order valence-electron chi connectivity index (χ3n) is 6.56. The van der Waals surface area contributed by atoms with Gasteiger partial charge in [0.05, 0.1) is 17.9 Å². The maximum atomic E-state index is 14.1. The van der Waals surface area contributed by atoms with E-state index < -0.39 is 0 Å². The normalized spacial score (nSPS) is 15.9. The highest BCUT2D eigenvalue weighted by Crippen LogP contribution is 2.31. The molecule has 0 saturated carbocycles. The molecule has 2 aromatic rings. The molecule has 1 aromatic heterocycles. The number of anilines is 1. The van der Waals surface area contributed by atoms with Crippen molar-refractivity contribution in [1.29, 1.82) is 0 Å². The van der Waals surface area contributed by atoms with Gasteiger partial charge in [0.1, 0.15) is 11.6 Å². The molecular weight excluding hydrogens is 405 g/mol. The number of hydrogen-bond acceptors (Lipinski definition) is 4. The van der Waals surface area contributed by atoms with Crippen LogP contribution in [0.4, 0.5) is 10.2 Å². The molecule has 176 valence electrons. The zero-order valence-electron chi connectivity index (χ0n) is 20.4. The molecule has 1 fully saturated rings. The minimum atomic E-state index is -0.282. The number of likely N-dealkylation sites (N-methyl/N-ethyl adjacent to an activating group) is 1. The van der Waals surface area contributed by atoms with Crippen molar-refractivity contribution >= 4 is 11.7 Å². The SMILES string of the molecule is CCC(C)N(Cc1c(C)nn(-c2cccc(F)c2)c1N1CCN(CC)CC1)C(=O)C(C)C. The van der Waals surface area contributed by atoms with Crippen LogP contribution in [0.1, 0.15) is 52.3 Å². The molecule has 7 heteroatoms. The zero-order chi connectivity index (χ0) is 23.4. The summed E-state index contributed by atoms with van der Waals surface area (Å²) in [5, 5.41) is 4.84. The van der Waals surface area contributed by atoms with Gasteiger partial charge in [0.25, 0.3) is 0 Å². The average molecular weight is 444 g/mol. The summed E-state index contributed by atoms with van der Waals surface area (Å²) in [6.45, 7) is 17.5. The highest BCUT2D eigenvalue weighted by molar-refractivity contribution is 5.78. The van der Waals surface area contributed by atoms with E-state index in [0.29, 0.717) is 12.2 Å². The van der Waals surface area contributed by atoms with Crippen LogP contribution in [0.3, 0.4) is 0 Å². The molecule has 0 spiro atoms. The molecule has 1 saturated heterocycles. The number of nitrogens with zero attached hydrogens (tertiary/aromatic N) is 5. The maximum Gasteiger partial charge on any atom is 0.225 e. The number of aryl methyl sites for hydroxylation is 1. The van der Waals surface area contributed by atoms with Crippen LogP contribution >= 0.6 is 0 Å². The highest BCUT2D eigenvalue weighted by atomic mass is 19.1. The summed E-state index contributed by atoms with van der Waals surface area (Å²) < 4.78 is 15.9. The number of rotatable bonds is 8. The number of halogens is 1. The number of amides is 1. The van der Waals surface area contributed by atoms with Gasteiger partial charge >= 0.3 is 0 Å². The number of piperazine rings is 1. The van der Waals surface area contributed by atoms with Crippen LogP contribution in [0.2, 0.25) is 0 Å². The van der Waals surface area contributed by atoms with Gasteiger partial charge in [0.15, 0.2) is 0 Å². The third-order valence-corrected chi connectivity index (χ3v) is 6.56. The molecule has 32 heavy (non-hydrogen) atoms. The number of carbonyl (C=O) groups is 1. The molecule has 1 aliphatic heterocycles. The van der Waals surface area contributed by atoms with E-state index in [4.69, 9.17) is 5.10 Å². The monoisotopic (exact) mass is 443 g/mol. The van der Waals surface area contributed by atoms with Gasteiger partial charge in [-0.2, -0.15) is 5.10 Å². The van der Waals surface area contributed by atoms with Crippen molar-refractivity contribution < 1.29 is 9.18 Å². The predicted octanol–water partition coefficient (Wildman–Crippen LogP) is 4.24. The van der Waals surface area contributed by atoms with E-state index in [2.05, 4.69) is 30.6 Å². The van der Waals surface area contributed by atoms with Crippen LogP contribution < -0.4 is 4.90 Å². The van der Waals surface area contributed by atoms with Crippen LogP contribution in [0.5, 0.6) is 0 Å². The third kappa shape index (κ3) is 5.14. The Balaban J connectivity index is 2.07. The molecule has 2 heterocycles. The molecule has 1 aliphatic rings. The van der Waals surface area contributed by atoms with E-state index in [9.17, 15) is 9.18 Å². The second-order valence-electron chi connectivity index (χ2n) is 9.08. The Morgan fingerprint density at radius 1 is 1.16 bits per heavy atom. The van der Waals surface area contributed by atoms with Crippen LogP contribution in [-0.4, -0.2) is 64.3 Å². The largest absolute Gasteiger partial charge is 0.354 e.